The molecule has 0 atom stereocenters. The van der Waals surface area contributed by atoms with E-state index < -0.39 is 22.9 Å². The molecule has 0 unspecified atom stereocenters. The van der Waals surface area contributed by atoms with E-state index >= 15 is 0 Å². The van der Waals surface area contributed by atoms with E-state index in [1.54, 1.807) is 0 Å². The molecule has 3 N–H and O–H groups in total. The Hall–Kier alpha value is -2.48. The summed E-state index contributed by atoms with van der Waals surface area (Å²) < 4.78 is 27.1. The van der Waals surface area contributed by atoms with Crippen LogP contribution in [0.3, 0.4) is 0 Å². The SMILES string of the molecule is O=c1[nH]c(=O)c2[nH]c(-c3cc(F)c(Cl)cc3F)nc2[nH]1. The predicted molar refractivity (Wildman–Crippen MR) is 67.7 cm³/mol. The minimum Gasteiger partial charge on any atom is -0.332 e. The molecule has 20 heavy (non-hydrogen) atoms. The minimum absolute atomic E-state index is 0.0469. The van der Waals surface area contributed by atoms with Crippen LogP contribution >= 0.6 is 11.6 Å². The number of fused-ring (bicyclic) bond motifs is 1. The fourth-order valence-corrected chi connectivity index (χ4v) is 1.91. The number of aromatic nitrogens is 4. The Kier molecular flexibility index (Phi) is 2.68. The molecule has 0 saturated heterocycles. The molecule has 0 aliphatic carbocycles. The van der Waals surface area contributed by atoms with Gasteiger partial charge >= 0.3 is 5.69 Å². The fraction of sp³-hybridized carbons (Fsp3) is 0. The lowest BCUT2D eigenvalue weighted by atomic mass is 10.2. The van der Waals surface area contributed by atoms with Gasteiger partial charge < -0.3 is 4.98 Å². The average Bonchev–Trinajstić information content (AvgIpc) is 2.77. The molecule has 0 aliphatic heterocycles. The monoisotopic (exact) mass is 298 g/mol. The van der Waals surface area contributed by atoms with Crippen molar-refractivity contribution >= 4 is 22.8 Å². The highest BCUT2D eigenvalue weighted by Gasteiger charge is 2.15. The molecule has 0 radical (unpaired) electrons. The van der Waals surface area contributed by atoms with Gasteiger partial charge in [0, 0.05) is 0 Å². The van der Waals surface area contributed by atoms with Crippen molar-refractivity contribution in [3.63, 3.8) is 0 Å². The summed E-state index contributed by atoms with van der Waals surface area (Å²) in [5.74, 6) is -1.74. The molecule has 2 heterocycles. The Morgan fingerprint density at radius 3 is 2.55 bits per heavy atom. The zero-order valence-corrected chi connectivity index (χ0v) is 10.3. The van der Waals surface area contributed by atoms with Crippen molar-refractivity contribution in [1.82, 2.24) is 19.9 Å². The summed E-state index contributed by atoms with van der Waals surface area (Å²) in [6, 6.07) is 1.65. The first kappa shape index (κ1) is 12.5. The molecule has 2 aromatic heterocycles. The van der Waals surface area contributed by atoms with Gasteiger partial charge in [0.15, 0.2) is 5.65 Å². The van der Waals surface area contributed by atoms with Crippen molar-refractivity contribution in [3.05, 3.63) is 49.6 Å². The zero-order valence-electron chi connectivity index (χ0n) is 9.55. The van der Waals surface area contributed by atoms with Gasteiger partial charge in [-0.15, -0.1) is 0 Å². The van der Waals surface area contributed by atoms with Crippen LogP contribution in [0.1, 0.15) is 0 Å². The lowest BCUT2D eigenvalue weighted by Gasteiger charge is -2.01. The van der Waals surface area contributed by atoms with E-state index in [1.165, 1.54) is 0 Å². The first-order chi connectivity index (χ1) is 9.45. The molecule has 3 rings (SSSR count). The first-order valence-corrected chi connectivity index (χ1v) is 5.71. The number of halogens is 3. The molecular formula is C11H5ClF2N4O2. The second kappa shape index (κ2) is 4.27. The van der Waals surface area contributed by atoms with Gasteiger partial charge in [-0.05, 0) is 12.1 Å². The maximum atomic E-state index is 13.8. The first-order valence-electron chi connectivity index (χ1n) is 5.33. The summed E-state index contributed by atoms with van der Waals surface area (Å²) in [6.45, 7) is 0. The van der Waals surface area contributed by atoms with Crippen LogP contribution in [0.25, 0.3) is 22.6 Å². The minimum atomic E-state index is -0.828. The molecule has 3 aromatic rings. The van der Waals surface area contributed by atoms with Crippen molar-refractivity contribution in [2.75, 3.05) is 0 Å². The maximum Gasteiger partial charge on any atom is 0.327 e. The molecule has 1 aromatic carbocycles. The number of rotatable bonds is 1. The second-order valence-corrected chi connectivity index (χ2v) is 4.37. The molecule has 9 heteroatoms. The van der Waals surface area contributed by atoms with Crippen molar-refractivity contribution in [1.29, 1.82) is 0 Å². The van der Waals surface area contributed by atoms with Gasteiger partial charge in [0.05, 0.1) is 10.6 Å². The number of nitrogens with zero attached hydrogens (tertiary/aromatic N) is 1. The number of nitrogens with one attached hydrogen (secondary N) is 3. The largest absolute Gasteiger partial charge is 0.332 e. The number of benzene rings is 1. The van der Waals surface area contributed by atoms with E-state index in [2.05, 4.69) is 15.0 Å². The molecule has 6 nitrogen and oxygen atoms in total. The summed E-state index contributed by atoms with van der Waals surface area (Å²) in [5, 5.41) is -0.367. The maximum absolute atomic E-state index is 13.8. The predicted octanol–water partition coefficient (Wildman–Crippen LogP) is 1.54. The van der Waals surface area contributed by atoms with Crippen LogP contribution in [0.15, 0.2) is 21.7 Å². The molecule has 102 valence electrons. The van der Waals surface area contributed by atoms with Gasteiger partial charge in [0.2, 0.25) is 0 Å². The third-order valence-corrected chi connectivity index (χ3v) is 2.94. The van der Waals surface area contributed by atoms with Crippen molar-refractivity contribution in [3.8, 4) is 11.4 Å². The highest BCUT2D eigenvalue weighted by Crippen LogP contribution is 2.26. The lowest BCUT2D eigenvalue weighted by Crippen LogP contribution is -2.21. The number of hydrogen-bond donors (Lipinski definition) is 3. The Bertz CT molecular complexity index is 944. The Balaban J connectivity index is 2.31. The molecule has 0 saturated carbocycles. The summed E-state index contributed by atoms with van der Waals surface area (Å²) in [6.07, 6.45) is 0. The standard InChI is InChI=1S/C11H5ClF2N4O2/c12-4-2-5(13)3(1-6(4)14)8-15-7-9(16-8)17-11(20)18-10(7)19/h1-2H,(H3,15,16,17,18,19,20). The van der Waals surface area contributed by atoms with E-state index in [0.29, 0.717) is 0 Å². The molecule has 0 aliphatic rings. The highest BCUT2D eigenvalue weighted by atomic mass is 35.5. The van der Waals surface area contributed by atoms with Crippen LogP contribution in [0.5, 0.6) is 0 Å². The van der Waals surface area contributed by atoms with Gasteiger partial charge in [-0.3, -0.25) is 14.8 Å². The lowest BCUT2D eigenvalue weighted by molar-refractivity contribution is 0.602. The van der Waals surface area contributed by atoms with Crippen LogP contribution in [0.4, 0.5) is 8.78 Å². The van der Waals surface area contributed by atoms with Gasteiger partial charge in [-0.25, -0.2) is 18.6 Å². The third kappa shape index (κ3) is 1.90. The van der Waals surface area contributed by atoms with Crippen molar-refractivity contribution < 1.29 is 8.78 Å². The molecule has 0 spiro atoms. The van der Waals surface area contributed by atoms with E-state index in [1.807, 2.05) is 4.98 Å². The Morgan fingerprint density at radius 2 is 1.80 bits per heavy atom. The Morgan fingerprint density at radius 1 is 1.05 bits per heavy atom. The summed E-state index contributed by atoms with van der Waals surface area (Å²) in [4.78, 5) is 33.2. The summed E-state index contributed by atoms with van der Waals surface area (Å²) in [5.41, 5.74) is -1.76. The van der Waals surface area contributed by atoms with Crippen molar-refractivity contribution in [2.24, 2.45) is 0 Å². The summed E-state index contributed by atoms with van der Waals surface area (Å²) in [7, 11) is 0. The molecule has 0 bridgehead atoms. The van der Waals surface area contributed by atoms with Gasteiger partial charge in [0.25, 0.3) is 5.56 Å². The van der Waals surface area contributed by atoms with Crippen LogP contribution < -0.4 is 11.2 Å². The van der Waals surface area contributed by atoms with Gasteiger partial charge in [0.1, 0.15) is 23.0 Å². The third-order valence-electron chi connectivity index (χ3n) is 2.65. The van der Waals surface area contributed by atoms with E-state index in [4.69, 9.17) is 11.6 Å². The topological polar surface area (TPSA) is 94.4 Å². The molecule has 0 fully saturated rings. The van der Waals surface area contributed by atoms with Gasteiger partial charge in [-0.2, -0.15) is 0 Å². The van der Waals surface area contributed by atoms with Gasteiger partial charge in [-0.1, -0.05) is 11.6 Å². The van der Waals surface area contributed by atoms with Crippen LogP contribution in [-0.2, 0) is 0 Å². The molecule has 0 amide bonds. The summed E-state index contributed by atoms with van der Waals surface area (Å²) >= 11 is 5.45. The normalized spacial score (nSPS) is 11.2. The number of aromatic amines is 3. The fourth-order valence-electron chi connectivity index (χ4n) is 1.76. The smallest absolute Gasteiger partial charge is 0.327 e. The van der Waals surface area contributed by atoms with Crippen molar-refractivity contribution in [2.45, 2.75) is 0 Å². The quantitative estimate of drug-likeness (QED) is 0.595. The van der Waals surface area contributed by atoms with E-state index in [-0.39, 0.29) is 27.6 Å². The number of H-pyrrole nitrogens is 3. The van der Waals surface area contributed by atoms with Crippen LogP contribution in [0, 0.1) is 11.6 Å². The highest BCUT2D eigenvalue weighted by molar-refractivity contribution is 6.30. The number of imidazole rings is 1. The zero-order chi connectivity index (χ0) is 14.4. The Labute approximate surface area is 113 Å². The second-order valence-electron chi connectivity index (χ2n) is 3.96. The van der Waals surface area contributed by atoms with Crippen LogP contribution in [-0.4, -0.2) is 19.9 Å². The molecular weight excluding hydrogens is 294 g/mol. The number of hydrogen-bond acceptors (Lipinski definition) is 3. The average molecular weight is 299 g/mol. The van der Waals surface area contributed by atoms with Crippen LogP contribution in [0.2, 0.25) is 5.02 Å². The van der Waals surface area contributed by atoms with E-state index in [0.717, 1.165) is 12.1 Å². The van der Waals surface area contributed by atoms with E-state index in [9.17, 15) is 18.4 Å².